The Balaban J connectivity index is 3.06. The van der Waals surface area contributed by atoms with Gasteiger partial charge in [-0.25, -0.2) is 0 Å². The van der Waals surface area contributed by atoms with Crippen LogP contribution in [-0.4, -0.2) is 12.6 Å². The van der Waals surface area contributed by atoms with Crippen molar-refractivity contribution in [1.29, 1.82) is 0 Å². The molecule has 0 amide bonds. The molecule has 0 aromatic carbocycles. The molecular formula is C19H36O2. The van der Waals surface area contributed by atoms with Crippen LogP contribution in [0.15, 0.2) is 12.2 Å². The highest BCUT2D eigenvalue weighted by Crippen LogP contribution is 2.12. The minimum absolute atomic E-state index is 0.0359. The summed E-state index contributed by atoms with van der Waals surface area (Å²) in [6.45, 7) is 4.56. The minimum atomic E-state index is -0.0359. The second kappa shape index (κ2) is 17.3. The summed E-state index contributed by atoms with van der Waals surface area (Å²) in [5, 5.41) is 0. The van der Waals surface area contributed by atoms with Gasteiger partial charge in [-0.05, 0) is 32.6 Å². The number of ether oxygens (including phenoxy) is 1. The van der Waals surface area contributed by atoms with Gasteiger partial charge in [-0.3, -0.25) is 4.79 Å². The van der Waals surface area contributed by atoms with E-state index in [0.717, 1.165) is 6.42 Å². The molecule has 0 heterocycles. The zero-order valence-corrected chi connectivity index (χ0v) is 14.4. The van der Waals surface area contributed by atoms with Crippen molar-refractivity contribution >= 4 is 5.97 Å². The maximum Gasteiger partial charge on any atom is 0.305 e. The summed E-state index contributed by atoms with van der Waals surface area (Å²) < 4.78 is 4.91. The molecule has 0 saturated heterocycles. The smallest absolute Gasteiger partial charge is 0.305 e. The quantitative estimate of drug-likeness (QED) is 0.204. The lowest BCUT2D eigenvalue weighted by atomic mass is 10.1. The van der Waals surface area contributed by atoms with Gasteiger partial charge >= 0.3 is 5.97 Å². The number of esters is 1. The van der Waals surface area contributed by atoms with E-state index in [0.29, 0.717) is 13.0 Å². The minimum Gasteiger partial charge on any atom is -0.466 e. The fraction of sp³-hybridized carbons (Fsp3) is 0.842. The molecule has 0 fully saturated rings. The normalized spacial score (nSPS) is 11.1. The molecule has 0 aliphatic rings. The topological polar surface area (TPSA) is 26.3 Å². The predicted molar refractivity (Wildman–Crippen MR) is 91.5 cm³/mol. The van der Waals surface area contributed by atoms with E-state index in [4.69, 9.17) is 4.74 Å². The number of carbonyl (C=O) groups is 1. The average Bonchev–Trinajstić information content (AvgIpc) is 2.48. The number of unbranched alkanes of at least 4 members (excludes halogenated alkanes) is 10. The summed E-state index contributed by atoms with van der Waals surface area (Å²) in [7, 11) is 0. The van der Waals surface area contributed by atoms with Gasteiger partial charge in [0.25, 0.3) is 0 Å². The molecule has 0 aliphatic carbocycles. The number of rotatable bonds is 15. The molecule has 0 rings (SSSR count). The molecule has 0 aromatic rings. The second-order valence-corrected chi connectivity index (χ2v) is 5.76. The first-order valence-corrected chi connectivity index (χ1v) is 9.11. The second-order valence-electron chi connectivity index (χ2n) is 5.76. The van der Waals surface area contributed by atoms with Gasteiger partial charge in [0.15, 0.2) is 0 Å². The van der Waals surface area contributed by atoms with Crippen molar-refractivity contribution in [3.05, 3.63) is 12.2 Å². The van der Waals surface area contributed by atoms with Gasteiger partial charge in [0.2, 0.25) is 0 Å². The van der Waals surface area contributed by atoms with Crippen LogP contribution >= 0.6 is 0 Å². The molecule has 0 aliphatic heterocycles. The van der Waals surface area contributed by atoms with Gasteiger partial charge in [-0.1, -0.05) is 70.4 Å². The van der Waals surface area contributed by atoms with Gasteiger partial charge in [-0.15, -0.1) is 0 Å². The Hall–Kier alpha value is -0.790. The van der Waals surface area contributed by atoms with Gasteiger partial charge in [0.1, 0.15) is 0 Å². The van der Waals surface area contributed by atoms with E-state index in [1.54, 1.807) is 0 Å². The van der Waals surface area contributed by atoms with Crippen molar-refractivity contribution in [2.24, 2.45) is 0 Å². The van der Waals surface area contributed by atoms with E-state index in [9.17, 15) is 4.79 Å². The van der Waals surface area contributed by atoms with E-state index >= 15 is 0 Å². The van der Waals surface area contributed by atoms with Crippen LogP contribution in [0.2, 0.25) is 0 Å². The van der Waals surface area contributed by atoms with E-state index in [2.05, 4.69) is 19.1 Å². The molecule has 0 bridgehead atoms. The predicted octanol–water partition coefficient (Wildman–Crippen LogP) is 6.20. The maximum absolute atomic E-state index is 11.1. The van der Waals surface area contributed by atoms with E-state index in [-0.39, 0.29) is 5.97 Å². The Kier molecular flexibility index (Phi) is 16.6. The number of hydrogen-bond donors (Lipinski definition) is 0. The number of allylic oxidation sites excluding steroid dienone is 2. The molecular weight excluding hydrogens is 260 g/mol. The third-order valence-electron chi connectivity index (χ3n) is 3.71. The lowest BCUT2D eigenvalue weighted by molar-refractivity contribution is -0.143. The Bertz CT molecular complexity index is 246. The highest BCUT2D eigenvalue weighted by molar-refractivity contribution is 5.69. The van der Waals surface area contributed by atoms with Gasteiger partial charge < -0.3 is 4.74 Å². The van der Waals surface area contributed by atoms with Crippen molar-refractivity contribution in [3.63, 3.8) is 0 Å². The standard InChI is InChI=1S/C19H36O2/c1-3-5-6-7-8-9-10-11-12-13-14-15-16-17-18-19(20)21-4-2/h5-6H,3-4,7-18H2,1-2H3/b6-5-. The van der Waals surface area contributed by atoms with Crippen LogP contribution in [0.3, 0.4) is 0 Å². The van der Waals surface area contributed by atoms with Crippen LogP contribution in [0.5, 0.6) is 0 Å². The highest BCUT2D eigenvalue weighted by atomic mass is 16.5. The lowest BCUT2D eigenvalue weighted by Crippen LogP contribution is -2.03. The summed E-state index contributed by atoms with van der Waals surface area (Å²) in [4.78, 5) is 11.1. The Morgan fingerprint density at radius 1 is 0.762 bits per heavy atom. The Morgan fingerprint density at radius 2 is 1.29 bits per heavy atom. The molecule has 2 nitrogen and oxygen atoms in total. The Morgan fingerprint density at radius 3 is 1.81 bits per heavy atom. The molecule has 0 saturated carbocycles. The van der Waals surface area contributed by atoms with Crippen molar-refractivity contribution in [1.82, 2.24) is 0 Å². The fourth-order valence-corrected chi connectivity index (χ4v) is 2.46. The lowest BCUT2D eigenvalue weighted by Gasteiger charge is -2.03. The molecule has 0 N–H and O–H groups in total. The molecule has 0 unspecified atom stereocenters. The largest absolute Gasteiger partial charge is 0.466 e. The monoisotopic (exact) mass is 296 g/mol. The zero-order chi connectivity index (χ0) is 15.6. The zero-order valence-electron chi connectivity index (χ0n) is 14.4. The summed E-state index contributed by atoms with van der Waals surface area (Å²) in [6.07, 6.45) is 20.6. The molecule has 2 heteroatoms. The van der Waals surface area contributed by atoms with Crippen LogP contribution in [0.25, 0.3) is 0 Å². The molecule has 0 aromatic heterocycles. The molecule has 21 heavy (non-hydrogen) atoms. The average molecular weight is 296 g/mol. The van der Waals surface area contributed by atoms with Crippen LogP contribution in [0.1, 0.15) is 97.3 Å². The van der Waals surface area contributed by atoms with Crippen LogP contribution in [0, 0.1) is 0 Å². The summed E-state index contributed by atoms with van der Waals surface area (Å²) >= 11 is 0. The molecule has 124 valence electrons. The summed E-state index contributed by atoms with van der Waals surface area (Å²) in [5.74, 6) is -0.0359. The van der Waals surface area contributed by atoms with E-state index in [1.807, 2.05) is 6.92 Å². The van der Waals surface area contributed by atoms with Crippen LogP contribution < -0.4 is 0 Å². The van der Waals surface area contributed by atoms with Crippen LogP contribution in [-0.2, 0) is 9.53 Å². The molecule has 0 atom stereocenters. The van der Waals surface area contributed by atoms with Gasteiger partial charge in [-0.2, -0.15) is 0 Å². The highest BCUT2D eigenvalue weighted by Gasteiger charge is 2.00. The van der Waals surface area contributed by atoms with Crippen molar-refractivity contribution < 1.29 is 9.53 Å². The first-order valence-electron chi connectivity index (χ1n) is 9.11. The number of carbonyl (C=O) groups excluding carboxylic acids is 1. The number of hydrogen-bond acceptors (Lipinski definition) is 2. The first-order chi connectivity index (χ1) is 10.3. The van der Waals surface area contributed by atoms with Gasteiger partial charge in [0.05, 0.1) is 6.61 Å². The third kappa shape index (κ3) is 17.2. The van der Waals surface area contributed by atoms with E-state index < -0.39 is 0 Å². The van der Waals surface area contributed by atoms with Crippen molar-refractivity contribution in [2.45, 2.75) is 97.3 Å². The van der Waals surface area contributed by atoms with Crippen molar-refractivity contribution in [2.75, 3.05) is 6.61 Å². The van der Waals surface area contributed by atoms with E-state index in [1.165, 1.54) is 70.6 Å². The van der Waals surface area contributed by atoms with Gasteiger partial charge in [0, 0.05) is 6.42 Å². The fourth-order valence-electron chi connectivity index (χ4n) is 2.46. The van der Waals surface area contributed by atoms with Crippen LogP contribution in [0.4, 0.5) is 0 Å². The summed E-state index contributed by atoms with van der Waals surface area (Å²) in [5.41, 5.74) is 0. The SMILES string of the molecule is CC/C=C\CCCCCCCCCCCCC(=O)OCC. The maximum atomic E-state index is 11.1. The first kappa shape index (κ1) is 20.2. The molecule has 0 spiro atoms. The molecule has 0 radical (unpaired) electrons. The Labute approximate surface area is 132 Å². The van der Waals surface area contributed by atoms with Crippen molar-refractivity contribution in [3.8, 4) is 0 Å². The third-order valence-corrected chi connectivity index (χ3v) is 3.71. The summed E-state index contributed by atoms with van der Waals surface area (Å²) in [6, 6.07) is 0.